The molecular weight excluding hydrogens is 246 g/mol. The average molecular weight is 258 g/mol. The van der Waals surface area contributed by atoms with Gasteiger partial charge in [-0.25, -0.2) is 0 Å². The Morgan fingerprint density at radius 3 is 3.12 bits per heavy atom. The van der Waals surface area contributed by atoms with Gasteiger partial charge in [0.15, 0.2) is 0 Å². The molecule has 0 radical (unpaired) electrons. The lowest BCUT2D eigenvalue weighted by Gasteiger charge is -2.01. The predicted octanol–water partition coefficient (Wildman–Crippen LogP) is 2.64. The molecule has 0 saturated carbocycles. The Morgan fingerprint density at radius 2 is 2.44 bits per heavy atom. The summed E-state index contributed by atoms with van der Waals surface area (Å²) in [6.45, 7) is 1.04. The van der Waals surface area contributed by atoms with E-state index in [1.807, 2.05) is 16.8 Å². The molecule has 4 nitrogen and oxygen atoms in total. The molecule has 86 valence electrons. The van der Waals surface area contributed by atoms with Crippen LogP contribution in [0.25, 0.3) is 11.4 Å². The van der Waals surface area contributed by atoms with E-state index in [4.69, 9.17) is 4.52 Å². The third-order valence-corrected chi connectivity index (χ3v) is 3.26. The van der Waals surface area contributed by atoms with Crippen molar-refractivity contribution in [2.45, 2.75) is 18.9 Å². The van der Waals surface area contributed by atoms with E-state index in [-0.39, 0.29) is 18.4 Å². The molecular formula is C10H12ClN3OS. The van der Waals surface area contributed by atoms with Crippen molar-refractivity contribution in [2.75, 3.05) is 6.54 Å². The van der Waals surface area contributed by atoms with Crippen molar-refractivity contribution < 1.29 is 4.52 Å². The topological polar surface area (TPSA) is 51.0 Å². The van der Waals surface area contributed by atoms with Crippen LogP contribution in [0.2, 0.25) is 0 Å². The second-order valence-corrected chi connectivity index (χ2v) is 4.40. The van der Waals surface area contributed by atoms with Gasteiger partial charge in [0.2, 0.25) is 11.7 Å². The zero-order valence-electron chi connectivity index (χ0n) is 8.55. The van der Waals surface area contributed by atoms with E-state index in [0.717, 1.165) is 18.5 Å². The Kier molecular flexibility index (Phi) is 3.58. The molecule has 3 rings (SSSR count). The molecule has 1 aliphatic rings. The number of hydrogen-bond acceptors (Lipinski definition) is 5. The lowest BCUT2D eigenvalue weighted by Crippen LogP contribution is -2.12. The van der Waals surface area contributed by atoms with Crippen molar-refractivity contribution in [3.63, 3.8) is 0 Å². The molecule has 1 atom stereocenters. The number of rotatable bonds is 2. The number of nitrogens with zero attached hydrogens (tertiary/aromatic N) is 2. The van der Waals surface area contributed by atoms with Crippen molar-refractivity contribution in [1.82, 2.24) is 15.5 Å². The van der Waals surface area contributed by atoms with Gasteiger partial charge in [-0.1, -0.05) is 5.16 Å². The summed E-state index contributed by atoms with van der Waals surface area (Å²) in [7, 11) is 0. The number of thiophene rings is 1. The SMILES string of the molecule is Cl.c1cc(-c2noc(C3CCCN3)n2)cs1. The van der Waals surface area contributed by atoms with Gasteiger partial charge in [0.1, 0.15) is 0 Å². The van der Waals surface area contributed by atoms with Gasteiger partial charge in [0.25, 0.3) is 0 Å². The van der Waals surface area contributed by atoms with Crippen LogP contribution in [-0.4, -0.2) is 16.7 Å². The fraction of sp³-hybridized carbons (Fsp3) is 0.400. The lowest BCUT2D eigenvalue weighted by atomic mass is 10.2. The van der Waals surface area contributed by atoms with Crippen LogP contribution in [-0.2, 0) is 0 Å². The van der Waals surface area contributed by atoms with Gasteiger partial charge in [-0.15, -0.1) is 12.4 Å². The van der Waals surface area contributed by atoms with Crippen molar-refractivity contribution in [3.8, 4) is 11.4 Å². The predicted molar refractivity (Wildman–Crippen MR) is 64.8 cm³/mol. The minimum Gasteiger partial charge on any atom is -0.337 e. The highest BCUT2D eigenvalue weighted by molar-refractivity contribution is 7.08. The number of nitrogens with one attached hydrogen (secondary N) is 1. The van der Waals surface area contributed by atoms with E-state index in [0.29, 0.717) is 11.7 Å². The van der Waals surface area contributed by atoms with Crippen molar-refractivity contribution in [2.24, 2.45) is 0 Å². The fourth-order valence-electron chi connectivity index (χ4n) is 1.78. The third kappa shape index (κ3) is 2.11. The maximum Gasteiger partial charge on any atom is 0.244 e. The van der Waals surface area contributed by atoms with Gasteiger partial charge in [-0.2, -0.15) is 16.3 Å². The van der Waals surface area contributed by atoms with Crippen LogP contribution in [0.4, 0.5) is 0 Å². The first-order chi connectivity index (χ1) is 7.43. The molecule has 1 fully saturated rings. The summed E-state index contributed by atoms with van der Waals surface area (Å²) in [6.07, 6.45) is 2.27. The number of halogens is 1. The van der Waals surface area contributed by atoms with Crippen LogP contribution in [0.15, 0.2) is 21.3 Å². The molecule has 6 heteroatoms. The maximum absolute atomic E-state index is 5.25. The Hall–Kier alpha value is -0.910. The zero-order chi connectivity index (χ0) is 10.1. The van der Waals surface area contributed by atoms with Gasteiger partial charge in [0.05, 0.1) is 6.04 Å². The Balaban J connectivity index is 0.000000963. The molecule has 2 aromatic heterocycles. The summed E-state index contributed by atoms with van der Waals surface area (Å²) in [4.78, 5) is 4.40. The molecule has 1 saturated heterocycles. The van der Waals surface area contributed by atoms with E-state index < -0.39 is 0 Å². The van der Waals surface area contributed by atoms with Gasteiger partial charge >= 0.3 is 0 Å². The maximum atomic E-state index is 5.25. The fourth-order valence-corrected chi connectivity index (χ4v) is 2.42. The van der Waals surface area contributed by atoms with Gasteiger partial charge < -0.3 is 9.84 Å². The summed E-state index contributed by atoms with van der Waals surface area (Å²) < 4.78 is 5.25. The highest BCUT2D eigenvalue weighted by atomic mass is 35.5. The molecule has 0 amide bonds. The smallest absolute Gasteiger partial charge is 0.244 e. The summed E-state index contributed by atoms with van der Waals surface area (Å²) in [5.41, 5.74) is 1.04. The molecule has 16 heavy (non-hydrogen) atoms. The second-order valence-electron chi connectivity index (χ2n) is 3.62. The first-order valence-corrected chi connectivity index (χ1v) is 5.97. The molecule has 1 aliphatic heterocycles. The molecule has 3 heterocycles. The van der Waals surface area contributed by atoms with Crippen LogP contribution in [0.3, 0.4) is 0 Å². The normalized spacial score (nSPS) is 19.6. The number of aromatic nitrogens is 2. The van der Waals surface area contributed by atoms with E-state index in [9.17, 15) is 0 Å². The summed E-state index contributed by atoms with van der Waals surface area (Å²) >= 11 is 1.64. The van der Waals surface area contributed by atoms with Crippen molar-refractivity contribution in [3.05, 3.63) is 22.7 Å². The van der Waals surface area contributed by atoms with Crippen LogP contribution < -0.4 is 5.32 Å². The Bertz CT molecular complexity index is 437. The summed E-state index contributed by atoms with van der Waals surface area (Å²) in [5.74, 6) is 1.41. The summed E-state index contributed by atoms with van der Waals surface area (Å²) in [6, 6.07) is 2.26. The van der Waals surface area contributed by atoms with Gasteiger partial charge in [-0.3, -0.25) is 0 Å². The minimum absolute atomic E-state index is 0. The molecule has 0 aliphatic carbocycles. The first-order valence-electron chi connectivity index (χ1n) is 5.03. The quantitative estimate of drug-likeness (QED) is 0.899. The molecule has 0 aromatic carbocycles. The third-order valence-electron chi connectivity index (χ3n) is 2.58. The lowest BCUT2D eigenvalue weighted by molar-refractivity contribution is 0.345. The minimum atomic E-state index is 0. The van der Waals surface area contributed by atoms with E-state index in [1.54, 1.807) is 11.3 Å². The first kappa shape index (κ1) is 11.6. The summed E-state index contributed by atoms with van der Waals surface area (Å²) in [5, 5.41) is 11.4. The van der Waals surface area contributed by atoms with Crippen LogP contribution in [0.5, 0.6) is 0 Å². The van der Waals surface area contributed by atoms with Crippen LogP contribution in [0, 0.1) is 0 Å². The number of hydrogen-bond donors (Lipinski definition) is 1. The van der Waals surface area contributed by atoms with Crippen LogP contribution >= 0.6 is 23.7 Å². The molecule has 2 aromatic rings. The monoisotopic (exact) mass is 257 g/mol. The van der Waals surface area contributed by atoms with Crippen molar-refractivity contribution >= 4 is 23.7 Å². The van der Waals surface area contributed by atoms with E-state index in [1.165, 1.54) is 6.42 Å². The van der Waals surface area contributed by atoms with Crippen molar-refractivity contribution in [1.29, 1.82) is 0 Å². The van der Waals surface area contributed by atoms with Crippen LogP contribution in [0.1, 0.15) is 24.8 Å². The van der Waals surface area contributed by atoms with Gasteiger partial charge in [-0.05, 0) is 30.8 Å². The molecule has 1 N–H and O–H groups in total. The molecule has 0 spiro atoms. The zero-order valence-corrected chi connectivity index (χ0v) is 10.2. The second kappa shape index (κ2) is 4.95. The molecule has 0 bridgehead atoms. The Labute approximate surface area is 103 Å². The average Bonchev–Trinajstić information content (AvgIpc) is 3.02. The van der Waals surface area contributed by atoms with E-state index >= 15 is 0 Å². The highest BCUT2D eigenvalue weighted by Crippen LogP contribution is 2.24. The molecule has 1 unspecified atom stereocenters. The Morgan fingerprint density at radius 1 is 1.50 bits per heavy atom. The van der Waals surface area contributed by atoms with E-state index in [2.05, 4.69) is 15.5 Å². The highest BCUT2D eigenvalue weighted by Gasteiger charge is 2.22. The standard InChI is InChI=1S/C10H11N3OS.ClH/c1-2-8(11-4-1)10-12-9(13-14-10)7-3-5-15-6-7;/h3,5-6,8,11H,1-2,4H2;1H. The van der Waals surface area contributed by atoms with Gasteiger partial charge in [0, 0.05) is 10.9 Å². The largest absolute Gasteiger partial charge is 0.337 e.